The van der Waals surface area contributed by atoms with E-state index in [-0.39, 0.29) is 26.2 Å². The fourth-order valence-corrected chi connectivity index (χ4v) is 9.62. The molecule has 0 aromatic rings. The molecular weight excluding hydrogens is 595 g/mol. The third-order valence-electron chi connectivity index (χ3n) is 3.94. The summed E-state index contributed by atoms with van der Waals surface area (Å²) in [5.74, 6) is 0. The van der Waals surface area contributed by atoms with Crippen molar-refractivity contribution < 1.29 is 36.4 Å². The molecular formula is C18H22Br2O2S3Zr. The SMILES string of the molecule is CC1=CC2SC(Br)[C-](S[C-]3C4=CC(C)=CC4SC3Br)C2=C1.CO.CO.[Zr+2]. The van der Waals surface area contributed by atoms with E-state index in [4.69, 9.17) is 10.2 Å². The van der Waals surface area contributed by atoms with E-state index in [0.717, 1.165) is 14.2 Å². The molecule has 2 fully saturated rings. The molecule has 4 atom stereocenters. The zero-order chi connectivity index (χ0) is 18.7. The smallest absolute Gasteiger partial charge is 0.400 e. The Morgan fingerprint density at radius 1 is 0.846 bits per heavy atom. The summed E-state index contributed by atoms with van der Waals surface area (Å²) in [6.07, 6.45) is 9.48. The van der Waals surface area contributed by atoms with Crippen molar-refractivity contribution in [3.05, 3.63) is 57.1 Å². The van der Waals surface area contributed by atoms with Gasteiger partial charge in [-0.1, -0.05) is 57.9 Å². The van der Waals surface area contributed by atoms with Crippen molar-refractivity contribution >= 4 is 67.1 Å². The standard InChI is InChI=1S/C16H14Br2S3.2CH4O.Zr/c1-7-3-9-11(5-7)19-15(17)13(9)21-14-10-4-8(2)6-12(10)20-16(14)18;2*1-2;/h3-6,11-12,15-16H,1-2H3;2*2H,1H3;/q-2;;;+2. The van der Waals surface area contributed by atoms with Gasteiger partial charge in [-0.2, -0.15) is 34.7 Å². The fourth-order valence-electron chi connectivity index (χ4n) is 3.03. The molecule has 0 amide bonds. The molecule has 0 aromatic heterocycles. The van der Waals surface area contributed by atoms with Gasteiger partial charge in [0, 0.05) is 33.0 Å². The quantitative estimate of drug-likeness (QED) is 0.319. The Balaban J connectivity index is 0.000000635. The minimum absolute atomic E-state index is 0. The van der Waals surface area contributed by atoms with Gasteiger partial charge in [0.2, 0.25) is 0 Å². The summed E-state index contributed by atoms with van der Waals surface area (Å²) < 4.78 is 0.853. The molecule has 2 heterocycles. The van der Waals surface area contributed by atoms with Gasteiger partial charge in [0.15, 0.2) is 0 Å². The van der Waals surface area contributed by atoms with E-state index in [1.807, 2.05) is 35.3 Å². The molecule has 4 rings (SSSR count). The van der Waals surface area contributed by atoms with Crippen molar-refractivity contribution in [2.75, 3.05) is 14.2 Å². The molecule has 8 heteroatoms. The number of fused-ring (bicyclic) bond motifs is 2. The van der Waals surface area contributed by atoms with E-state index in [0.29, 0.717) is 18.8 Å². The van der Waals surface area contributed by atoms with Gasteiger partial charge in [0.1, 0.15) is 0 Å². The van der Waals surface area contributed by atoms with E-state index in [9.17, 15) is 0 Å². The third-order valence-corrected chi connectivity index (χ3v) is 10.8. The third kappa shape index (κ3) is 5.35. The van der Waals surface area contributed by atoms with E-state index in [2.05, 4.69) is 70.0 Å². The van der Waals surface area contributed by atoms with Gasteiger partial charge in [-0.3, -0.25) is 11.8 Å². The first-order valence-electron chi connectivity index (χ1n) is 7.74. The van der Waals surface area contributed by atoms with Crippen LogP contribution in [0, 0.1) is 10.5 Å². The van der Waals surface area contributed by atoms with Crippen LogP contribution in [-0.2, 0) is 26.2 Å². The first-order chi connectivity index (χ1) is 12.0. The van der Waals surface area contributed by atoms with Gasteiger partial charge >= 0.3 is 26.2 Å². The Hall–Kier alpha value is 1.51. The number of rotatable bonds is 2. The zero-order valence-corrected chi connectivity index (χ0v) is 23.1. The van der Waals surface area contributed by atoms with E-state index < -0.39 is 0 Å². The fraction of sp³-hybridized carbons (Fsp3) is 0.444. The normalized spacial score (nSPS) is 30.6. The number of halogens is 2. The average Bonchev–Trinajstić information content (AvgIpc) is 3.27. The van der Waals surface area contributed by atoms with Gasteiger partial charge in [0.25, 0.3) is 0 Å². The van der Waals surface area contributed by atoms with E-state index in [1.54, 1.807) is 0 Å². The predicted octanol–water partition coefficient (Wildman–Crippen LogP) is 5.44. The Kier molecular flexibility index (Phi) is 11.4. The van der Waals surface area contributed by atoms with Crippen LogP contribution in [0.1, 0.15) is 13.8 Å². The second kappa shape index (κ2) is 11.6. The predicted molar refractivity (Wildman–Crippen MR) is 122 cm³/mol. The molecule has 2 aliphatic heterocycles. The van der Waals surface area contributed by atoms with Gasteiger partial charge in [-0.25, -0.2) is 12.2 Å². The van der Waals surface area contributed by atoms with Crippen molar-refractivity contribution in [2.45, 2.75) is 32.7 Å². The maximum absolute atomic E-state index is 7.00. The number of alkyl halides is 2. The number of hydrogen-bond donors (Lipinski definition) is 2. The Labute approximate surface area is 205 Å². The molecule has 26 heavy (non-hydrogen) atoms. The molecule has 2 aliphatic carbocycles. The maximum atomic E-state index is 7.00. The second-order valence-corrected chi connectivity index (χ2v) is 12.2. The van der Waals surface area contributed by atoms with E-state index >= 15 is 0 Å². The zero-order valence-electron chi connectivity index (χ0n) is 15.0. The van der Waals surface area contributed by atoms with Crippen molar-refractivity contribution in [1.82, 2.24) is 0 Å². The van der Waals surface area contributed by atoms with Crippen LogP contribution in [0.2, 0.25) is 0 Å². The van der Waals surface area contributed by atoms with Crippen LogP contribution in [0.5, 0.6) is 0 Å². The number of allylic oxidation sites excluding steroid dienone is 4. The van der Waals surface area contributed by atoms with Crippen molar-refractivity contribution in [3.8, 4) is 0 Å². The van der Waals surface area contributed by atoms with Crippen LogP contribution >= 0.6 is 67.1 Å². The van der Waals surface area contributed by atoms with Crippen LogP contribution in [0.25, 0.3) is 0 Å². The number of hydrogen-bond acceptors (Lipinski definition) is 5. The Bertz CT molecular complexity index is 570. The van der Waals surface area contributed by atoms with Crippen LogP contribution in [0.15, 0.2) is 46.6 Å². The summed E-state index contributed by atoms with van der Waals surface area (Å²) in [6, 6.07) is 0. The first kappa shape index (κ1) is 25.5. The van der Waals surface area contributed by atoms with Crippen LogP contribution in [0.4, 0.5) is 0 Å². The second-order valence-electron chi connectivity index (χ2n) is 5.60. The Morgan fingerprint density at radius 3 is 1.54 bits per heavy atom. The molecule has 4 aliphatic rings. The summed E-state index contributed by atoms with van der Waals surface area (Å²) in [5, 5.41) is 18.1. The van der Waals surface area contributed by atoms with E-state index in [1.165, 1.54) is 32.8 Å². The summed E-state index contributed by atoms with van der Waals surface area (Å²) in [6.45, 7) is 4.40. The number of aliphatic hydroxyl groups is 2. The molecule has 2 saturated heterocycles. The summed E-state index contributed by atoms with van der Waals surface area (Å²) >= 11 is 13.7. The van der Waals surface area contributed by atoms with Gasteiger partial charge in [0.05, 0.1) is 0 Å². The topological polar surface area (TPSA) is 40.5 Å². The minimum atomic E-state index is 0. The molecule has 142 valence electrons. The van der Waals surface area contributed by atoms with Crippen molar-refractivity contribution in [3.63, 3.8) is 0 Å². The van der Waals surface area contributed by atoms with Gasteiger partial charge in [-0.15, -0.1) is 21.6 Å². The maximum Gasteiger partial charge on any atom is 2.00 e. The summed E-state index contributed by atoms with van der Waals surface area (Å²) in [7, 11) is 2.00. The molecule has 0 bridgehead atoms. The largest absolute Gasteiger partial charge is 2.00 e. The molecule has 4 unspecified atom stereocenters. The molecule has 0 radical (unpaired) electrons. The average molecular weight is 618 g/mol. The number of thioether (sulfide) groups is 3. The molecule has 0 spiro atoms. The van der Waals surface area contributed by atoms with Crippen molar-refractivity contribution in [2.24, 2.45) is 0 Å². The van der Waals surface area contributed by atoms with Crippen LogP contribution in [0.3, 0.4) is 0 Å². The van der Waals surface area contributed by atoms with Crippen LogP contribution in [-0.4, -0.2) is 43.3 Å². The Morgan fingerprint density at radius 2 is 1.19 bits per heavy atom. The first-order valence-corrected chi connectivity index (χ1v) is 12.3. The van der Waals surface area contributed by atoms with Crippen molar-refractivity contribution in [1.29, 1.82) is 0 Å². The summed E-state index contributed by atoms with van der Waals surface area (Å²) in [5.41, 5.74) is 5.81. The monoisotopic (exact) mass is 614 g/mol. The summed E-state index contributed by atoms with van der Waals surface area (Å²) in [4.78, 5) is 0. The van der Waals surface area contributed by atoms with Crippen LogP contribution < -0.4 is 0 Å². The molecule has 2 N–H and O–H groups in total. The van der Waals surface area contributed by atoms with Gasteiger partial charge < -0.3 is 10.2 Å². The minimum Gasteiger partial charge on any atom is -0.400 e. The van der Waals surface area contributed by atoms with Gasteiger partial charge in [-0.05, 0) is 0 Å². The molecule has 0 saturated carbocycles. The molecule has 2 nitrogen and oxygen atoms in total. The molecule has 0 aromatic carbocycles. The number of aliphatic hydroxyl groups excluding tert-OH is 2.